The number of carbonyl (C=O) groups is 4. The van der Waals surface area contributed by atoms with E-state index in [4.69, 9.17) is 10.8 Å². The Bertz CT molecular complexity index is 983. The molecule has 10 nitrogen and oxygen atoms in total. The third-order valence-electron chi connectivity index (χ3n) is 4.92. The Morgan fingerprint density at radius 2 is 1.82 bits per heavy atom. The number of amides is 3. The zero-order valence-corrected chi connectivity index (χ0v) is 19.9. The first-order chi connectivity index (χ1) is 15.8. The fourth-order valence-corrected chi connectivity index (χ4v) is 3.89. The first-order valence-corrected chi connectivity index (χ1v) is 12.3. The van der Waals surface area contributed by atoms with Crippen LogP contribution in [0.4, 0.5) is 0 Å². The summed E-state index contributed by atoms with van der Waals surface area (Å²) in [6, 6.07) is 4.84. The number of nitrogens with two attached hydrogens (primary N) is 1. The Labute approximate surface area is 201 Å². The van der Waals surface area contributed by atoms with Crippen molar-refractivity contribution in [3.63, 3.8) is 0 Å². The van der Waals surface area contributed by atoms with Crippen LogP contribution in [0.15, 0.2) is 30.5 Å². The molecule has 0 spiro atoms. The summed E-state index contributed by atoms with van der Waals surface area (Å²) in [5.74, 6) is -2.39. The van der Waals surface area contributed by atoms with Gasteiger partial charge < -0.3 is 31.8 Å². The number of H-pyrrole nitrogens is 1. The van der Waals surface area contributed by atoms with Gasteiger partial charge >= 0.3 is 5.97 Å². The SMILES string of the molecule is CSCCC(NC(=O)C(N)Cc1c[nH]c2ccccc12)C(=O)NC(CS)C(=O)NCC(=O)O. The zero-order chi connectivity index (χ0) is 24.4. The molecule has 3 atom stereocenters. The Balaban J connectivity index is 2.02. The van der Waals surface area contributed by atoms with Crippen molar-refractivity contribution in [1.82, 2.24) is 20.9 Å². The Morgan fingerprint density at radius 1 is 1.12 bits per heavy atom. The summed E-state index contributed by atoms with van der Waals surface area (Å²) in [6.45, 7) is -0.575. The van der Waals surface area contributed by atoms with Crippen LogP contribution in [0.5, 0.6) is 0 Å². The lowest BCUT2D eigenvalue weighted by molar-refractivity contribution is -0.138. The summed E-state index contributed by atoms with van der Waals surface area (Å²) in [5, 5.41) is 17.1. The van der Waals surface area contributed by atoms with Gasteiger partial charge in [-0.2, -0.15) is 24.4 Å². The third kappa shape index (κ3) is 7.98. The van der Waals surface area contributed by atoms with Crippen LogP contribution < -0.4 is 21.7 Å². The second-order valence-electron chi connectivity index (χ2n) is 7.37. The number of carboxylic acid groups (broad SMARTS) is 1. The molecule has 2 aromatic rings. The molecular weight excluding hydrogens is 466 g/mol. The number of para-hydroxylation sites is 1. The molecule has 2 rings (SSSR count). The Hall–Kier alpha value is -2.70. The van der Waals surface area contributed by atoms with E-state index in [9.17, 15) is 19.2 Å². The van der Waals surface area contributed by atoms with Gasteiger partial charge in [0.25, 0.3) is 0 Å². The highest BCUT2D eigenvalue weighted by Gasteiger charge is 2.27. The van der Waals surface area contributed by atoms with E-state index in [1.165, 1.54) is 11.8 Å². The molecule has 0 aliphatic rings. The predicted molar refractivity (Wildman–Crippen MR) is 131 cm³/mol. The average molecular weight is 496 g/mol. The molecule has 0 fully saturated rings. The summed E-state index contributed by atoms with van der Waals surface area (Å²) in [5.41, 5.74) is 7.96. The van der Waals surface area contributed by atoms with Crippen LogP contribution in [0.3, 0.4) is 0 Å². The zero-order valence-electron chi connectivity index (χ0n) is 18.2. The highest BCUT2D eigenvalue weighted by atomic mass is 32.2. The number of fused-ring (bicyclic) bond motifs is 1. The van der Waals surface area contributed by atoms with Crippen LogP contribution in [-0.4, -0.2) is 76.2 Å². The van der Waals surface area contributed by atoms with Gasteiger partial charge in [0, 0.05) is 22.9 Å². The van der Waals surface area contributed by atoms with Crippen molar-refractivity contribution in [2.24, 2.45) is 5.73 Å². The highest BCUT2D eigenvalue weighted by molar-refractivity contribution is 7.98. The van der Waals surface area contributed by atoms with Gasteiger partial charge in [0.2, 0.25) is 17.7 Å². The second-order valence-corrected chi connectivity index (χ2v) is 8.72. The third-order valence-corrected chi connectivity index (χ3v) is 5.93. The number of carbonyl (C=O) groups excluding carboxylic acids is 3. The minimum atomic E-state index is -1.21. The predicted octanol–water partition coefficient (Wildman–Crippen LogP) is -0.109. The van der Waals surface area contributed by atoms with Gasteiger partial charge in [-0.3, -0.25) is 19.2 Å². The Morgan fingerprint density at radius 3 is 2.48 bits per heavy atom. The van der Waals surface area contributed by atoms with E-state index in [-0.39, 0.29) is 12.2 Å². The number of aromatic nitrogens is 1. The molecule has 3 amide bonds. The number of rotatable bonds is 13. The molecule has 1 heterocycles. The molecule has 1 aromatic carbocycles. The minimum absolute atomic E-state index is 0.0412. The quantitative estimate of drug-likeness (QED) is 0.190. The molecule has 7 N–H and O–H groups in total. The molecule has 33 heavy (non-hydrogen) atoms. The average Bonchev–Trinajstić information content (AvgIpc) is 3.20. The van der Waals surface area contributed by atoms with Crippen LogP contribution in [0.1, 0.15) is 12.0 Å². The first-order valence-electron chi connectivity index (χ1n) is 10.3. The molecular formula is C21H29N5O5S2. The lowest BCUT2D eigenvalue weighted by Crippen LogP contribution is -2.56. The molecule has 0 saturated heterocycles. The van der Waals surface area contributed by atoms with Crippen molar-refractivity contribution < 1.29 is 24.3 Å². The van der Waals surface area contributed by atoms with Crippen LogP contribution in [0, 0.1) is 0 Å². The topological polar surface area (TPSA) is 166 Å². The lowest BCUT2D eigenvalue weighted by atomic mass is 10.0. The molecule has 0 saturated carbocycles. The maximum atomic E-state index is 12.8. The maximum absolute atomic E-state index is 12.8. The van der Waals surface area contributed by atoms with Gasteiger partial charge in [-0.05, 0) is 36.5 Å². The number of carboxylic acids is 1. The molecule has 0 aliphatic heterocycles. The van der Waals surface area contributed by atoms with Crippen LogP contribution in [0.2, 0.25) is 0 Å². The van der Waals surface area contributed by atoms with E-state index in [0.29, 0.717) is 12.2 Å². The van der Waals surface area contributed by atoms with Crippen molar-refractivity contribution in [1.29, 1.82) is 0 Å². The van der Waals surface area contributed by atoms with Crippen molar-refractivity contribution >= 4 is 59.0 Å². The number of hydrogen-bond donors (Lipinski definition) is 7. The minimum Gasteiger partial charge on any atom is -0.480 e. The number of benzene rings is 1. The Kier molecular flexibility index (Phi) is 10.6. The molecule has 12 heteroatoms. The molecule has 0 bridgehead atoms. The van der Waals surface area contributed by atoms with Gasteiger partial charge in [0.05, 0.1) is 6.04 Å². The van der Waals surface area contributed by atoms with E-state index in [1.807, 2.05) is 36.7 Å². The van der Waals surface area contributed by atoms with Crippen LogP contribution >= 0.6 is 24.4 Å². The van der Waals surface area contributed by atoms with Gasteiger partial charge in [0.1, 0.15) is 18.6 Å². The van der Waals surface area contributed by atoms with Gasteiger partial charge in [-0.15, -0.1) is 0 Å². The van der Waals surface area contributed by atoms with Crippen molar-refractivity contribution in [2.75, 3.05) is 24.3 Å². The summed E-state index contributed by atoms with van der Waals surface area (Å²) in [6.07, 6.45) is 4.29. The molecule has 0 aliphatic carbocycles. The first kappa shape index (κ1) is 26.6. The van der Waals surface area contributed by atoms with E-state index < -0.39 is 48.4 Å². The van der Waals surface area contributed by atoms with Crippen molar-refractivity contribution in [3.8, 4) is 0 Å². The summed E-state index contributed by atoms with van der Waals surface area (Å²) in [4.78, 5) is 51.5. The smallest absolute Gasteiger partial charge is 0.322 e. The molecule has 180 valence electrons. The fraction of sp³-hybridized carbons (Fsp3) is 0.429. The number of thiol groups is 1. The lowest BCUT2D eigenvalue weighted by Gasteiger charge is -2.23. The summed E-state index contributed by atoms with van der Waals surface area (Å²) < 4.78 is 0. The van der Waals surface area contributed by atoms with Gasteiger partial charge in [-0.1, -0.05) is 18.2 Å². The van der Waals surface area contributed by atoms with Gasteiger partial charge in [0.15, 0.2) is 0 Å². The number of nitrogens with one attached hydrogen (secondary N) is 4. The monoisotopic (exact) mass is 495 g/mol. The largest absolute Gasteiger partial charge is 0.480 e. The van der Waals surface area contributed by atoms with E-state index in [1.54, 1.807) is 0 Å². The van der Waals surface area contributed by atoms with Crippen LogP contribution in [-0.2, 0) is 25.6 Å². The normalized spacial score (nSPS) is 13.7. The van der Waals surface area contributed by atoms with Crippen LogP contribution in [0.25, 0.3) is 10.9 Å². The molecule has 1 aromatic heterocycles. The number of aromatic amines is 1. The van der Waals surface area contributed by atoms with E-state index in [2.05, 4.69) is 33.6 Å². The van der Waals surface area contributed by atoms with Crippen molar-refractivity contribution in [2.45, 2.75) is 31.0 Å². The van der Waals surface area contributed by atoms with E-state index >= 15 is 0 Å². The molecule has 0 radical (unpaired) electrons. The number of hydrogen-bond acceptors (Lipinski definition) is 7. The standard InChI is InChI=1S/C21H29N5O5S2/c1-33-7-6-16(21(31)26-17(11-32)20(30)24-10-18(27)28)25-19(29)14(22)8-12-9-23-15-5-3-2-4-13(12)15/h2-5,9,14,16-17,23,32H,6-8,10-11,22H2,1H3,(H,24,30)(H,25,29)(H,26,31)(H,27,28). The second kappa shape index (κ2) is 13.1. The summed E-state index contributed by atoms with van der Waals surface area (Å²) >= 11 is 5.56. The number of thioether (sulfide) groups is 1. The fourth-order valence-electron chi connectivity index (χ4n) is 3.17. The van der Waals surface area contributed by atoms with Crippen molar-refractivity contribution in [3.05, 3.63) is 36.0 Å². The summed E-state index contributed by atoms with van der Waals surface area (Å²) in [7, 11) is 0. The number of aliphatic carboxylic acids is 1. The molecule has 3 unspecified atom stereocenters. The van der Waals surface area contributed by atoms with Gasteiger partial charge in [-0.25, -0.2) is 0 Å². The highest BCUT2D eigenvalue weighted by Crippen LogP contribution is 2.18. The maximum Gasteiger partial charge on any atom is 0.322 e. The van der Waals surface area contributed by atoms with E-state index in [0.717, 1.165) is 16.5 Å².